The van der Waals surface area contributed by atoms with E-state index in [1.807, 2.05) is 13.8 Å². The smallest absolute Gasteiger partial charge is 0.168 e. The molecule has 1 aliphatic heterocycles. The summed E-state index contributed by atoms with van der Waals surface area (Å²) in [6.45, 7) is 7.88. The Balaban J connectivity index is 0.000000791. The summed E-state index contributed by atoms with van der Waals surface area (Å²) in [5.41, 5.74) is 5.37. The van der Waals surface area contributed by atoms with Crippen LogP contribution in [0.2, 0.25) is 0 Å². The van der Waals surface area contributed by atoms with Crippen molar-refractivity contribution in [2.45, 2.75) is 33.1 Å². The minimum absolute atomic E-state index is 0.732. The van der Waals surface area contributed by atoms with Crippen LogP contribution in [0.15, 0.2) is 0 Å². The number of nitrogens with one attached hydrogen (secondary N) is 1. The van der Waals surface area contributed by atoms with Gasteiger partial charge in [0.05, 0.1) is 0 Å². The van der Waals surface area contributed by atoms with Crippen LogP contribution in [-0.2, 0) is 0 Å². The largest absolute Gasteiger partial charge is 0.363 e. The molecule has 0 atom stereocenters. The molecule has 0 radical (unpaired) electrons. The average molecular weight is 217 g/mol. The summed E-state index contributed by atoms with van der Waals surface area (Å²) in [5.74, 6) is 0. The van der Waals surface area contributed by atoms with Crippen LogP contribution < -0.4 is 11.1 Å². The van der Waals surface area contributed by atoms with Crippen LogP contribution in [0.5, 0.6) is 0 Å². The molecule has 84 valence electrons. The molecule has 0 aromatic heterocycles. The normalized spacial score (nSPS) is 14.6. The maximum Gasteiger partial charge on any atom is 0.168 e. The van der Waals surface area contributed by atoms with Gasteiger partial charge in [-0.15, -0.1) is 0 Å². The van der Waals surface area contributed by atoms with Gasteiger partial charge in [-0.1, -0.05) is 13.8 Å². The lowest BCUT2D eigenvalue weighted by molar-refractivity contribution is 0.505. The molecule has 0 aromatic carbocycles. The Morgan fingerprint density at radius 2 is 1.93 bits per heavy atom. The molecule has 0 unspecified atom stereocenters. The predicted molar refractivity (Wildman–Crippen MR) is 66.4 cm³/mol. The molecule has 3 N–H and O–H groups in total. The van der Waals surface area contributed by atoms with Crippen LogP contribution in [0.4, 0.5) is 0 Å². The molecule has 0 bridgehead atoms. The first-order chi connectivity index (χ1) is 6.84. The molecule has 0 amide bonds. The molecule has 14 heavy (non-hydrogen) atoms. The molecule has 1 aliphatic rings. The number of nitrogens with two attached hydrogens (primary N) is 1. The van der Waals surface area contributed by atoms with Crippen molar-refractivity contribution in [3.8, 4) is 0 Å². The monoisotopic (exact) mass is 217 g/mol. The fourth-order valence-corrected chi connectivity index (χ4v) is 1.61. The Morgan fingerprint density at radius 1 is 1.36 bits per heavy atom. The van der Waals surface area contributed by atoms with Crippen molar-refractivity contribution in [1.82, 2.24) is 10.2 Å². The van der Waals surface area contributed by atoms with Crippen molar-refractivity contribution >= 4 is 17.3 Å². The maximum absolute atomic E-state index is 5.37. The zero-order valence-electron chi connectivity index (χ0n) is 9.38. The summed E-state index contributed by atoms with van der Waals surface area (Å²) in [6.07, 6.45) is 3.55. The summed E-state index contributed by atoms with van der Waals surface area (Å²) in [6, 6.07) is 0. The fourth-order valence-electron chi connectivity index (χ4n) is 1.33. The maximum atomic E-state index is 5.37. The van der Waals surface area contributed by atoms with Gasteiger partial charge in [0.15, 0.2) is 5.11 Å². The average Bonchev–Trinajstić information content (AvgIpc) is 2.74. The second kappa shape index (κ2) is 9.21. The second-order valence-corrected chi connectivity index (χ2v) is 3.46. The third-order valence-corrected chi connectivity index (χ3v) is 2.45. The van der Waals surface area contributed by atoms with Gasteiger partial charge in [-0.2, -0.15) is 0 Å². The second-order valence-electron chi connectivity index (χ2n) is 3.07. The standard InChI is InChI=1S/C8H17N3S.C2H6/c9-4-3-5-10-8(12)11-6-1-2-7-11;1-2/h1-7,9H2,(H,10,12);1-2H3. The van der Waals surface area contributed by atoms with E-state index in [0.717, 1.165) is 37.7 Å². The molecule has 0 saturated carbocycles. The molecule has 0 aromatic rings. The van der Waals surface area contributed by atoms with Crippen LogP contribution in [-0.4, -0.2) is 36.2 Å². The Morgan fingerprint density at radius 3 is 2.43 bits per heavy atom. The van der Waals surface area contributed by atoms with Gasteiger partial charge in [0, 0.05) is 19.6 Å². The highest BCUT2D eigenvalue weighted by molar-refractivity contribution is 7.80. The van der Waals surface area contributed by atoms with Crippen molar-refractivity contribution in [3.63, 3.8) is 0 Å². The molecule has 1 heterocycles. The Labute approximate surface area is 93.0 Å². The topological polar surface area (TPSA) is 41.3 Å². The number of hydrogen-bond donors (Lipinski definition) is 2. The lowest BCUT2D eigenvalue weighted by Crippen LogP contribution is -2.38. The third-order valence-electron chi connectivity index (χ3n) is 2.05. The van der Waals surface area contributed by atoms with Gasteiger partial charge in [0.2, 0.25) is 0 Å². The summed E-state index contributed by atoms with van der Waals surface area (Å²) in [4.78, 5) is 2.23. The Hall–Kier alpha value is -0.350. The third kappa shape index (κ3) is 5.40. The Kier molecular flexibility index (Phi) is 8.98. The first-order valence-electron chi connectivity index (χ1n) is 5.57. The van der Waals surface area contributed by atoms with Crippen molar-refractivity contribution in [2.24, 2.45) is 5.73 Å². The van der Waals surface area contributed by atoms with E-state index in [0.29, 0.717) is 0 Å². The van der Waals surface area contributed by atoms with Gasteiger partial charge < -0.3 is 16.0 Å². The molecule has 1 fully saturated rings. The van der Waals surface area contributed by atoms with E-state index in [2.05, 4.69) is 10.2 Å². The summed E-state index contributed by atoms with van der Waals surface area (Å²) < 4.78 is 0. The number of nitrogens with zero attached hydrogens (tertiary/aromatic N) is 1. The fraction of sp³-hybridized carbons (Fsp3) is 0.900. The molecule has 1 saturated heterocycles. The van der Waals surface area contributed by atoms with Gasteiger partial charge in [-0.3, -0.25) is 0 Å². The first kappa shape index (κ1) is 13.7. The van der Waals surface area contributed by atoms with Gasteiger partial charge in [-0.25, -0.2) is 0 Å². The van der Waals surface area contributed by atoms with E-state index in [9.17, 15) is 0 Å². The van der Waals surface area contributed by atoms with Crippen molar-refractivity contribution in [1.29, 1.82) is 0 Å². The highest BCUT2D eigenvalue weighted by atomic mass is 32.1. The van der Waals surface area contributed by atoms with Gasteiger partial charge in [-0.05, 0) is 38.0 Å². The van der Waals surface area contributed by atoms with Crippen molar-refractivity contribution in [3.05, 3.63) is 0 Å². The van der Waals surface area contributed by atoms with Gasteiger partial charge in [0.1, 0.15) is 0 Å². The lowest BCUT2D eigenvalue weighted by atomic mass is 10.4. The van der Waals surface area contributed by atoms with Crippen LogP contribution >= 0.6 is 12.2 Å². The minimum atomic E-state index is 0.732. The summed E-state index contributed by atoms with van der Waals surface area (Å²) >= 11 is 5.20. The molecular weight excluding hydrogens is 194 g/mol. The van der Waals surface area contributed by atoms with E-state index in [-0.39, 0.29) is 0 Å². The zero-order chi connectivity index (χ0) is 10.8. The van der Waals surface area contributed by atoms with Crippen molar-refractivity contribution in [2.75, 3.05) is 26.2 Å². The lowest BCUT2D eigenvalue weighted by Gasteiger charge is -2.19. The summed E-state index contributed by atoms with van der Waals surface area (Å²) in [7, 11) is 0. The molecule has 1 rings (SSSR count). The number of likely N-dealkylation sites (tertiary alicyclic amines) is 1. The zero-order valence-corrected chi connectivity index (χ0v) is 10.2. The molecule has 0 spiro atoms. The molecule has 4 heteroatoms. The number of hydrogen-bond acceptors (Lipinski definition) is 2. The van der Waals surface area contributed by atoms with E-state index in [1.165, 1.54) is 12.8 Å². The van der Waals surface area contributed by atoms with Crippen LogP contribution in [0.3, 0.4) is 0 Å². The van der Waals surface area contributed by atoms with Crippen LogP contribution in [0, 0.1) is 0 Å². The number of rotatable bonds is 3. The van der Waals surface area contributed by atoms with Crippen molar-refractivity contribution < 1.29 is 0 Å². The van der Waals surface area contributed by atoms with E-state index in [4.69, 9.17) is 18.0 Å². The first-order valence-corrected chi connectivity index (χ1v) is 5.98. The highest BCUT2D eigenvalue weighted by Gasteiger charge is 2.13. The Bertz CT molecular complexity index is 144. The van der Waals surface area contributed by atoms with Crippen LogP contribution in [0.25, 0.3) is 0 Å². The van der Waals surface area contributed by atoms with E-state index < -0.39 is 0 Å². The SMILES string of the molecule is CC.NCCCNC(=S)N1CCCC1. The van der Waals surface area contributed by atoms with Crippen LogP contribution in [0.1, 0.15) is 33.1 Å². The summed E-state index contributed by atoms with van der Waals surface area (Å²) in [5, 5.41) is 4.11. The highest BCUT2D eigenvalue weighted by Crippen LogP contribution is 2.06. The van der Waals surface area contributed by atoms with Gasteiger partial charge >= 0.3 is 0 Å². The quantitative estimate of drug-likeness (QED) is 0.553. The van der Waals surface area contributed by atoms with E-state index >= 15 is 0 Å². The minimum Gasteiger partial charge on any atom is -0.363 e. The molecular formula is C10H23N3S. The number of thiocarbonyl (C=S) groups is 1. The predicted octanol–water partition coefficient (Wildman–Crippen LogP) is 1.33. The van der Waals surface area contributed by atoms with Gasteiger partial charge in [0.25, 0.3) is 0 Å². The molecule has 3 nitrogen and oxygen atoms in total. The molecule has 0 aliphatic carbocycles. The van der Waals surface area contributed by atoms with E-state index in [1.54, 1.807) is 0 Å².